The van der Waals surface area contributed by atoms with Crippen LogP contribution in [0.3, 0.4) is 0 Å². The van der Waals surface area contributed by atoms with Gasteiger partial charge in [-0.3, -0.25) is 9.59 Å². The number of benzene rings is 5. The van der Waals surface area contributed by atoms with Crippen molar-refractivity contribution >= 4 is 17.8 Å². The van der Waals surface area contributed by atoms with Crippen molar-refractivity contribution in [1.29, 1.82) is 0 Å². The minimum absolute atomic E-state index is 0.00520. The van der Waals surface area contributed by atoms with Crippen LogP contribution in [0.15, 0.2) is 138 Å². The summed E-state index contributed by atoms with van der Waals surface area (Å²) in [7, 11) is 0. The third-order valence-electron chi connectivity index (χ3n) is 9.98. The van der Waals surface area contributed by atoms with Crippen LogP contribution in [0, 0.1) is 0 Å². The molecule has 13 nitrogen and oxygen atoms in total. The van der Waals surface area contributed by atoms with Gasteiger partial charge in [0, 0.05) is 36.5 Å². The zero-order chi connectivity index (χ0) is 43.8. The molecule has 0 fully saturated rings. The van der Waals surface area contributed by atoms with E-state index in [-0.39, 0.29) is 38.4 Å². The summed E-state index contributed by atoms with van der Waals surface area (Å²) < 4.78 is 30.6. The maximum absolute atomic E-state index is 14.9. The minimum Gasteiger partial charge on any atom is -0.494 e. The number of aliphatic imine (C=N–C) groups is 1. The zero-order valence-corrected chi connectivity index (χ0v) is 35.4. The van der Waals surface area contributed by atoms with E-state index in [0.29, 0.717) is 66.6 Å². The highest BCUT2D eigenvalue weighted by Gasteiger charge is 2.53. The van der Waals surface area contributed by atoms with Gasteiger partial charge in [-0.15, -0.1) is 0 Å². The van der Waals surface area contributed by atoms with Crippen molar-refractivity contribution in [2.45, 2.75) is 83.5 Å². The van der Waals surface area contributed by atoms with Crippen molar-refractivity contribution in [3.05, 3.63) is 171 Å². The Balaban J connectivity index is 1.30. The van der Waals surface area contributed by atoms with Crippen molar-refractivity contribution in [2.24, 2.45) is 10.1 Å². The number of carbonyl (C=O) groups is 2. The molecule has 0 spiro atoms. The van der Waals surface area contributed by atoms with Crippen LogP contribution in [-0.2, 0) is 45.2 Å². The van der Waals surface area contributed by atoms with Crippen LogP contribution in [0.5, 0.6) is 17.2 Å². The van der Waals surface area contributed by atoms with Gasteiger partial charge in [0.1, 0.15) is 24.6 Å². The van der Waals surface area contributed by atoms with Gasteiger partial charge >= 0.3 is 5.97 Å². The number of rotatable bonds is 21. The monoisotopic (exact) mass is 839 g/mol. The normalized spacial score (nSPS) is 15.7. The van der Waals surface area contributed by atoms with Gasteiger partial charge in [0.2, 0.25) is 5.90 Å². The summed E-state index contributed by atoms with van der Waals surface area (Å²) in [6.45, 7) is 6.64. The summed E-state index contributed by atoms with van der Waals surface area (Å²) in [5, 5.41) is 16.1. The van der Waals surface area contributed by atoms with Crippen molar-refractivity contribution in [3.8, 4) is 17.2 Å². The molecule has 1 aliphatic rings. The lowest BCUT2D eigenvalue weighted by molar-refractivity contribution is -0.155. The molecule has 0 saturated heterocycles. The van der Waals surface area contributed by atoms with Gasteiger partial charge in [0.05, 0.1) is 13.2 Å². The van der Waals surface area contributed by atoms with Crippen LogP contribution in [0.4, 0.5) is 0 Å². The number of amides is 1. The molecule has 0 saturated carbocycles. The van der Waals surface area contributed by atoms with Crippen LogP contribution < -0.4 is 19.5 Å². The molecule has 0 radical (unpaired) electrons. The second kappa shape index (κ2) is 21.6. The molecule has 322 valence electrons. The Morgan fingerprint density at radius 1 is 0.839 bits per heavy atom. The number of aliphatic hydroxyl groups excluding tert-OH is 1. The first-order valence-corrected chi connectivity index (χ1v) is 20.7. The second-order valence-corrected chi connectivity index (χ2v) is 15.8. The summed E-state index contributed by atoms with van der Waals surface area (Å²) >= 11 is 0. The van der Waals surface area contributed by atoms with E-state index in [1.807, 2.05) is 103 Å². The number of hydrogen-bond donors (Lipinski definition) is 2. The molecule has 0 aliphatic carbocycles. The molecular weight excluding hydrogens is 787 g/mol. The van der Waals surface area contributed by atoms with Gasteiger partial charge in [-0.2, -0.15) is 0 Å². The highest BCUT2D eigenvalue weighted by Crippen LogP contribution is 2.45. The smallest absolute Gasteiger partial charge is 0.306 e. The molecular formula is C49H53N5O8. The Labute approximate surface area is 362 Å². The first kappa shape index (κ1) is 44.7. The Kier molecular flexibility index (Phi) is 15.6. The molecule has 1 amide bonds. The fourth-order valence-electron chi connectivity index (χ4n) is 6.96. The van der Waals surface area contributed by atoms with E-state index in [9.17, 15) is 20.2 Å². The Bertz CT molecular complexity index is 2330. The van der Waals surface area contributed by atoms with Crippen molar-refractivity contribution < 1.29 is 38.4 Å². The molecule has 0 unspecified atom stereocenters. The Morgan fingerprint density at radius 2 is 1.50 bits per heavy atom. The number of esters is 1. The van der Waals surface area contributed by atoms with Crippen LogP contribution >= 0.6 is 0 Å². The van der Waals surface area contributed by atoms with Gasteiger partial charge in [-0.1, -0.05) is 96.1 Å². The minimum atomic E-state index is -1.64. The topological polar surface area (TPSA) is 174 Å². The quantitative estimate of drug-likeness (QED) is 0.0242. The summed E-state index contributed by atoms with van der Waals surface area (Å²) in [6.07, 6.45) is -0.275. The Morgan fingerprint density at radius 3 is 2.16 bits per heavy atom. The number of azide groups is 1. The van der Waals surface area contributed by atoms with E-state index >= 15 is 0 Å². The first-order valence-electron chi connectivity index (χ1n) is 20.7. The summed E-state index contributed by atoms with van der Waals surface area (Å²) in [5.74, 6) is 1.01. The van der Waals surface area contributed by atoms with Gasteiger partial charge in [0.25, 0.3) is 5.91 Å². The highest BCUT2D eigenvalue weighted by atomic mass is 16.6. The predicted molar refractivity (Wildman–Crippen MR) is 236 cm³/mol. The van der Waals surface area contributed by atoms with E-state index in [1.54, 1.807) is 45.0 Å². The SMILES string of the molecule is CC(C)(C)OC(=O)CC[C@@]1(C(=O)NCCc2ccc(OCc3ccccc3)c(OCc3ccccc3)c2)N=C(c2ccc(OCCCO)cc2)O[C@@H]1c1ccccc1CN=[N+]=[N-]. The summed E-state index contributed by atoms with van der Waals surface area (Å²) in [6, 6.07) is 39.9. The third kappa shape index (κ3) is 12.4. The average Bonchev–Trinajstić information content (AvgIpc) is 3.67. The molecule has 13 heteroatoms. The lowest BCUT2D eigenvalue weighted by Crippen LogP contribution is -2.49. The molecule has 2 atom stereocenters. The highest BCUT2D eigenvalue weighted by molar-refractivity contribution is 6.01. The van der Waals surface area contributed by atoms with Crippen LogP contribution in [-0.4, -0.2) is 53.8 Å². The number of hydrogen-bond acceptors (Lipinski definition) is 10. The standard InChI is InChI=1S/C49H53N5O8/c1-48(2,3)62-44(56)25-27-49(45(41-18-11-10-17-39(41)32-52-54-50)61-46(53-49)38-20-22-40(23-21-38)58-30-12-29-55)47(57)51-28-26-35-19-24-42(59-33-36-13-6-4-7-14-36)43(31-35)60-34-37-15-8-5-9-16-37/h4-11,13-24,31,45,55H,12,25-30,32-34H2,1-3H3,(H,51,57)/t45-,49-/m1/s1. The van der Waals surface area contributed by atoms with Crippen LogP contribution in [0.25, 0.3) is 10.4 Å². The van der Waals surface area contributed by atoms with Crippen molar-refractivity contribution in [2.75, 3.05) is 19.8 Å². The number of carbonyl (C=O) groups excluding carboxylic acids is 2. The lowest BCUT2D eigenvalue weighted by atomic mass is 9.81. The number of nitrogens with one attached hydrogen (secondary N) is 1. The predicted octanol–water partition coefficient (Wildman–Crippen LogP) is 9.15. The molecule has 0 bridgehead atoms. The van der Waals surface area contributed by atoms with Crippen LogP contribution in [0.1, 0.15) is 79.5 Å². The van der Waals surface area contributed by atoms with Gasteiger partial charge in [-0.25, -0.2) is 4.99 Å². The van der Waals surface area contributed by atoms with Gasteiger partial charge in [0.15, 0.2) is 23.1 Å². The lowest BCUT2D eigenvalue weighted by Gasteiger charge is -2.32. The van der Waals surface area contributed by atoms with Gasteiger partial charge < -0.3 is 34.1 Å². The Hall–Kier alpha value is -6.82. The number of ether oxygens (including phenoxy) is 5. The largest absolute Gasteiger partial charge is 0.494 e. The third-order valence-corrected chi connectivity index (χ3v) is 9.98. The summed E-state index contributed by atoms with van der Waals surface area (Å²) in [5.41, 5.74) is 11.6. The molecule has 1 heterocycles. The van der Waals surface area contributed by atoms with E-state index in [4.69, 9.17) is 28.7 Å². The van der Waals surface area contributed by atoms with Crippen molar-refractivity contribution in [1.82, 2.24) is 5.32 Å². The van der Waals surface area contributed by atoms with E-state index in [1.165, 1.54) is 0 Å². The van der Waals surface area contributed by atoms with Gasteiger partial charge in [-0.05, 0) is 103 Å². The van der Waals surface area contributed by atoms with Crippen molar-refractivity contribution in [3.63, 3.8) is 0 Å². The second-order valence-electron chi connectivity index (χ2n) is 15.8. The molecule has 62 heavy (non-hydrogen) atoms. The number of aliphatic hydroxyl groups is 1. The molecule has 0 aromatic heterocycles. The molecule has 5 aromatic carbocycles. The van der Waals surface area contributed by atoms with E-state index in [0.717, 1.165) is 16.7 Å². The molecule has 1 aliphatic heterocycles. The average molecular weight is 840 g/mol. The molecule has 6 rings (SSSR count). The van der Waals surface area contributed by atoms with E-state index < -0.39 is 29.1 Å². The maximum atomic E-state index is 14.9. The molecule has 2 N–H and O–H groups in total. The zero-order valence-electron chi connectivity index (χ0n) is 35.4. The van der Waals surface area contributed by atoms with Crippen LogP contribution in [0.2, 0.25) is 0 Å². The maximum Gasteiger partial charge on any atom is 0.306 e. The fourth-order valence-corrected chi connectivity index (χ4v) is 6.96. The van der Waals surface area contributed by atoms with E-state index in [2.05, 4.69) is 15.3 Å². The first-order chi connectivity index (χ1) is 30.1. The molecule has 5 aromatic rings. The fraction of sp³-hybridized carbons (Fsp3) is 0.327. The summed E-state index contributed by atoms with van der Waals surface area (Å²) in [4.78, 5) is 36.3. The number of nitrogens with zero attached hydrogens (tertiary/aromatic N) is 4.